The standard InChI is InChI=1S/C15H16O/c1-11-5-3-7-14(9-11)15-8-4-6-13(10-15)12(2)16/h3-10,12,16H,1-2H3/t12-/m0/s1. The third-order valence-electron chi connectivity index (χ3n) is 2.72. The van der Waals surface area contributed by atoms with Crippen LogP contribution in [-0.2, 0) is 0 Å². The molecule has 2 aromatic carbocycles. The van der Waals surface area contributed by atoms with E-state index in [2.05, 4.69) is 37.3 Å². The van der Waals surface area contributed by atoms with Crippen LogP contribution in [0.5, 0.6) is 0 Å². The van der Waals surface area contributed by atoms with Gasteiger partial charge in [0.25, 0.3) is 0 Å². The van der Waals surface area contributed by atoms with E-state index in [1.54, 1.807) is 6.92 Å². The molecule has 2 rings (SSSR count). The normalized spacial score (nSPS) is 12.4. The van der Waals surface area contributed by atoms with E-state index in [4.69, 9.17) is 0 Å². The first-order chi connectivity index (χ1) is 7.66. The Morgan fingerprint density at radius 3 is 2.19 bits per heavy atom. The van der Waals surface area contributed by atoms with Crippen LogP contribution in [0.1, 0.15) is 24.2 Å². The average molecular weight is 212 g/mol. The highest BCUT2D eigenvalue weighted by Crippen LogP contribution is 2.23. The molecular weight excluding hydrogens is 196 g/mol. The van der Waals surface area contributed by atoms with Crippen molar-refractivity contribution >= 4 is 0 Å². The summed E-state index contributed by atoms with van der Waals surface area (Å²) in [5.74, 6) is 0. The maximum Gasteiger partial charge on any atom is 0.0762 e. The second-order valence-corrected chi connectivity index (χ2v) is 4.17. The molecule has 1 heteroatoms. The zero-order valence-electron chi connectivity index (χ0n) is 9.64. The summed E-state index contributed by atoms with van der Waals surface area (Å²) in [5, 5.41) is 9.55. The van der Waals surface area contributed by atoms with Gasteiger partial charge < -0.3 is 5.11 Å². The van der Waals surface area contributed by atoms with Gasteiger partial charge >= 0.3 is 0 Å². The van der Waals surface area contributed by atoms with Crippen molar-refractivity contribution in [2.45, 2.75) is 20.0 Å². The van der Waals surface area contributed by atoms with E-state index in [9.17, 15) is 5.11 Å². The Labute approximate surface area is 96.4 Å². The molecule has 0 bridgehead atoms. The fourth-order valence-corrected chi connectivity index (χ4v) is 1.80. The molecule has 0 radical (unpaired) electrons. The van der Waals surface area contributed by atoms with E-state index in [1.165, 1.54) is 11.1 Å². The molecular formula is C15H16O. The van der Waals surface area contributed by atoms with Crippen molar-refractivity contribution in [2.75, 3.05) is 0 Å². The molecule has 0 unspecified atom stereocenters. The number of hydrogen-bond donors (Lipinski definition) is 1. The Morgan fingerprint density at radius 1 is 0.938 bits per heavy atom. The van der Waals surface area contributed by atoms with Gasteiger partial charge in [0.1, 0.15) is 0 Å². The minimum Gasteiger partial charge on any atom is -0.389 e. The fourth-order valence-electron chi connectivity index (χ4n) is 1.80. The van der Waals surface area contributed by atoms with Crippen molar-refractivity contribution in [3.05, 3.63) is 59.7 Å². The number of aryl methyl sites for hydroxylation is 1. The van der Waals surface area contributed by atoms with Gasteiger partial charge in [0, 0.05) is 0 Å². The lowest BCUT2D eigenvalue weighted by Crippen LogP contribution is -1.90. The van der Waals surface area contributed by atoms with Gasteiger partial charge in [-0.25, -0.2) is 0 Å². The molecule has 0 saturated heterocycles. The molecule has 82 valence electrons. The highest BCUT2D eigenvalue weighted by Gasteiger charge is 2.03. The number of benzene rings is 2. The van der Waals surface area contributed by atoms with Crippen LogP contribution >= 0.6 is 0 Å². The molecule has 0 aromatic heterocycles. The van der Waals surface area contributed by atoms with Crippen LogP contribution in [0, 0.1) is 6.92 Å². The highest BCUT2D eigenvalue weighted by molar-refractivity contribution is 5.64. The van der Waals surface area contributed by atoms with Crippen LogP contribution in [0.25, 0.3) is 11.1 Å². The van der Waals surface area contributed by atoms with Gasteiger partial charge in [-0.15, -0.1) is 0 Å². The Morgan fingerprint density at radius 2 is 1.56 bits per heavy atom. The molecule has 0 aliphatic heterocycles. The van der Waals surface area contributed by atoms with Crippen LogP contribution in [-0.4, -0.2) is 5.11 Å². The molecule has 1 atom stereocenters. The van der Waals surface area contributed by atoms with Gasteiger partial charge in [-0.2, -0.15) is 0 Å². The first kappa shape index (κ1) is 10.9. The molecule has 0 spiro atoms. The van der Waals surface area contributed by atoms with E-state index in [1.807, 2.05) is 18.2 Å². The summed E-state index contributed by atoms with van der Waals surface area (Å²) in [7, 11) is 0. The highest BCUT2D eigenvalue weighted by atomic mass is 16.3. The SMILES string of the molecule is Cc1cccc(-c2cccc([C@H](C)O)c2)c1. The van der Waals surface area contributed by atoms with Crippen molar-refractivity contribution in [2.24, 2.45) is 0 Å². The van der Waals surface area contributed by atoms with Crippen molar-refractivity contribution in [1.29, 1.82) is 0 Å². The topological polar surface area (TPSA) is 20.2 Å². The Hall–Kier alpha value is -1.60. The predicted octanol–water partition coefficient (Wildman–Crippen LogP) is 3.72. The summed E-state index contributed by atoms with van der Waals surface area (Å²) >= 11 is 0. The van der Waals surface area contributed by atoms with Crippen LogP contribution in [0.3, 0.4) is 0 Å². The first-order valence-electron chi connectivity index (χ1n) is 5.52. The minimum atomic E-state index is -0.412. The number of aliphatic hydroxyl groups is 1. The lowest BCUT2D eigenvalue weighted by molar-refractivity contribution is 0.199. The number of hydrogen-bond acceptors (Lipinski definition) is 1. The summed E-state index contributed by atoms with van der Waals surface area (Å²) in [6.07, 6.45) is -0.412. The maximum atomic E-state index is 9.55. The summed E-state index contributed by atoms with van der Waals surface area (Å²) in [4.78, 5) is 0. The van der Waals surface area contributed by atoms with E-state index in [0.29, 0.717) is 0 Å². The Kier molecular flexibility index (Phi) is 3.07. The zero-order chi connectivity index (χ0) is 11.5. The van der Waals surface area contributed by atoms with E-state index in [0.717, 1.165) is 11.1 Å². The molecule has 0 amide bonds. The van der Waals surface area contributed by atoms with E-state index >= 15 is 0 Å². The van der Waals surface area contributed by atoms with Gasteiger partial charge in [-0.05, 0) is 36.6 Å². The fraction of sp³-hybridized carbons (Fsp3) is 0.200. The quantitative estimate of drug-likeness (QED) is 0.804. The molecule has 0 aliphatic carbocycles. The first-order valence-corrected chi connectivity index (χ1v) is 5.52. The maximum absolute atomic E-state index is 9.55. The van der Waals surface area contributed by atoms with Crippen molar-refractivity contribution in [1.82, 2.24) is 0 Å². The Bertz CT molecular complexity index is 486. The van der Waals surface area contributed by atoms with Gasteiger partial charge in [-0.1, -0.05) is 48.0 Å². The van der Waals surface area contributed by atoms with Gasteiger partial charge in [-0.3, -0.25) is 0 Å². The average Bonchev–Trinajstić information content (AvgIpc) is 2.29. The summed E-state index contributed by atoms with van der Waals surface area (Å²) < 4.78 is 0. The lowest BCUT2D eigenvalue weighted by Gasteiger charge is -2.08. The molecule has 2 aromatic rings. The monoisotopic (exact) mass is 212 g/mol. The third-order valence-corrected chi connectivity index (χ3v) is 2.72. The van der Waals surface area contributed by atoms with Crippen LogP contribution in [0.15, 0.2) is 48.5 Å². The lowest BCUT2D eigenvalue weighted by atomic mass is 10.00. The molecule has 0 fully saturated rings. The van der Waals surface area contributed by atoms with Crippen LogP contribution in [0.4, 0.5) is 0 Å². The zero-order valence-corrected chi connectivity index (χ0v) is 9.64. The molecule has 0 saturated carbocycles. The van der Waals surface area contributed by atoms with Gasteiger partial charge in [0.2, 0.25) is 0 Å². The van der Waals surface area contributed by atoms with Gasteiger partial charge in [0.05, 0.1) is 6.10 Å². The molecule has 1 nitrogen and oxygen atoms in total. The van der Waals surface area contributed by atoms with Crippen molar-refractivity contribution < 1.29 is 5.11 Å². The van der Waals surface area contributed by atoms with Gasteiger partial charge in [0.15, 0.2) is 0 Å². The van der Waals surface area contributed by atoms with Crippen LogP contribution in [0.2, 0.25) is 0 Å². The molecule has 0 heterocycles. The molecule has 1 N–H and O–H groups in total. The number of aliphatic hydroxyl groups excluding tert-OH is 1. The van der Waals surface area contributed by atoms with Crippen molar-refractivity contribution in [3.63, 3.8) is 0 Å². The second kappa shape index (κ2) is 4.50. The molecule has 0 aliphatic rings. The smallest absolute Gasteiger partial charge is 0.0762 e. The second-order valence-electron chi connectivity index (χ2n) is 4.17. The molecule has 16 heavy (non-hydrogen) atoms. The largest absolute Gasteiger partial charge is 0.389 e. The van der Waals surface area contributed by atoms with Crippen molar-refractivity contribution in [3.8, 4) is 11.1 Å². The van der Waals surface area contributed by atoms with E-state index < -0.39 is 6.10 Å². The number of rotatable bonds is 2. The Balaban J connectivity index is 2.44. The summed E-state index contributed by atoms with van der Waals surface area (Å²) in [6, 6.07) is 16.4. The summed E-state index contributed by atoms with van der Waals surface area (Å²) in [6.45, 7) is 3.87. The minimum absolute atomic E-state index is 0.412. The summed E-state index contributed by atoms with van der Waals surface area (Å²) in [5.41, 5.74) is 4.56. The predicted molar refractivity (Wildman–Crippen MR) is 67.2 cm³/mol. The van der Waals surface area contributed by atoms with Crippen LogP contribution < -0.4 is 0 Å². The third kappa shape index (κ3) is 2.31. The van der Waals surface area contributed by atoms with E-state index in [-0.39, 0.29) is 0 Å².